The van der Waals surface area contributed by atoms with Crippen LogP contribution < -0.4 is 30.8 Å². The van der Waals surface area contributed by atoms with Gasteiger partial charge in [0.1, 0.15) is 23.0 Å². The van der Waals surface area contributed by atoms with Crippen molar-refractivity contribution in [2.24, 2.45) is 0 Å². The summed E-state index contributed by atoms with van der Waals surface area (Å²) in [5.74, 6) is 3.45. The van der Waals surface area contributed by atoms with Gasteiger partial charge in [-0.15, -0.1) is 0 Å². The van der Waals surface area contributed by atoms with Crippen LogP contribution in [0.3, 0.4) is 0 Å². The molecule has 0 unspecified atom stereocenters. The molecular formula is C38H30BNO2. The Bertz CT molecular complexity index is 1920. The highest BCUT2D eigenvalue weighted by Crippen LogP contribution is 2.46. The first-order valence-corrected chi connectivity index (χ1v) is 14.6. The highest BCUT2D eigenvalue weighted by atomic mass is 16.5. The molecule has 2 aliphatic rings. The molecule has 6 aromatic carbocycles. The van der Waals surface area contributed by atoms with E-state index in [1.165, 1.54) is 27.3 Å². The standard InChI is InChI=1S/C38H30BNO2/c1-38(2,3)36-28-16-8-7-13-25(28)21-22-31(36)40(26-14-5-4-6-15-26)27-23-34-37-35(24-27)42-33-20-12-10-18-30(33)39(37)29-17-9-11-19-32(29)41-34/h4-24H,1-3H3. The summed E-state index contributed by atoms with van der Waals surface area (Å²) >= 11 is 0. The molecule has 0 aromatic heterocycles. The van der Waals surface area contributed by atoms with Crippen LogP contribution in [0.2, 0.25) is 0 Å². The minimum atomic E-state index is -0.109. The number of anilines is 3. The van der Waals surface area contributed by atoms with Crippen molar-refractivity contribution in [3.63, 3.8) is 0 Å². The van der Waals surface area contributed by atoms with Crippen molar-refractivity contribution in [3.05, 3.63) is 133 Å². The molecule has 0 amide bonds. The summed E-state index contributed by atoms with van der Waals surface area (Å²) in [4.78, 5) is 2.35. The molecule has 0 atom stereocenters. The molecule has 4 heteroatoms. The van der Waals surface area contributed by atoms with Crippen LogP contribution in [-0.4, -0.2) is 6.71 Å². The Hall–Kier alpha value is -4.96. The van der Waals surface area contributed by atoms with E-state index in [4.69, 9.17) is 9.47 Å². The maximum atomic E-state index is 6.66. The fraction of sp³-hybridized carbons (Fsp3) is 0.105. The number of rotatable bonds is 3. The fourth-order valence-corrected chi connectivity index (χ4v) is 6.75. The van der Waals surface area contributed by atoms with Crippen LogP contribution in [0.1, 0.15) is 26.3 Å². The van der Waals surface area contributed by atoms with E-state index in [1.807, 2.05) is 12.1 Å². The smallest absolute Gasteiger partial charge is 0.260 e. The van der Waals surface area contributed by atoms with E-state index in [0.717, 1.165) is 45.5 Å². The van der Waals surface area contributed by atoms with Crippen molar-refractivity contribution in [2.45, 2.75) is 26.2 Å². The lowest BCUT2D eigenvalue weighted by atomic mass is 9.35. The highest BCUT2D eigenvalue weighted by Gasteiger charge is 2.40. The molecule has 0 saturated heterocycles. The Morgan fingerprint density at radius 3 is 1.76 bits per heavy atom. The molecule has 0 radical (unpaired) electrons. The second kappa shape index (κ2) is 9.29. The zero-order valence-corrected chi connectivity index (χ0v) is 24.0. The lowest BCUT2D eigenvalue weighted by molar-refractivity contribution is 0.465. The Kier molecular flexibility index (Phi) is 5.49. The molecule has 2 heterocycles. The van der Waals surface area contributed by atoms with E-state index in [1.54, 1.807) is 0 Å². The molecule has 8 rings (SSSR count). The van der Waals surface area contributed by atoms with Crippen molar-refractivity contribution in [1.29, 1.82) is 0 Å². The molecule has 0 spiro atoms. The van der Waals surface area contributed by atoms with Gasteiger partial charge in [0, 0.05) is 23.3 Å². The summed E-state index contributed by atoms with van der Waals surface area (Å²) in [6, 6.07) is 44.9. The summed E-state index contributed by atoms with van der Waals surface area (Å²) in [5, 5.41) is 2.50. The van der Waals surface area contributed by atoms with Gasteiger partial charge < -0.3 is 14.4 Å². The average molecular weight is 543 g/mol. The van der Waals surface area contributed by atoms with E-state index in [0.29, 0.717) is 0 Å². The van der Waals surface area contributed by atoms with Gasteiger partial charge in [-0.25, -0.2) is 0 Å². The third-order valence-corrected chi connectivity index (χ3v) is 8.45. The molecule has 3 nitrogen and oxygen atoms in total. The van der Waals surface area contributed by atoms with Crippen molar-refractivity contribution in [1.82, 2.24) is 0 Å². The minimum Gasteiger partial charge on any atom is -0.458 e. The van der Waals surface area contributed by atoms with Gasteiger partial charge in [0.2, 0.25) is 0 Å². The van der Waals surface area contributed by atoms with Gasteiger partial charge in [0.15, 0.2) is 0 Å². The Balaban J connectivity index is 1.41. The maximum absolute atomic E-state index is 6.66. The largest absolute Gasteiger partial charge is 0.458 e. The lowest BCUT2D eigenvalue weighted by Gasteiger charge is -2.36. The second-order valence-electron chi connectivity index (χ2n) is 12.2. The van der Waals surface area contributed by atoms with Crippen molar-refractivity contribution in [3.8, 4) is 23.0 Å². The fourth-order valence-electron chi connectivity index (χ4n) is 6.75. The summed E-state index contributed by atoms with van der Waals surface area (Å²) in [6.07, 6.45) is 0. The zero-order valence-electron chi connectivity index (χ0n) is 24.0. The number of para-hydroxylation sites is 3. The van der Waals surface area contributed by atoms with Gasteiger partial charge in [-0.05, 0) is 63.0 Å². The molecule has 6 aromatic rings. The zero-order chi connectivity index (χ0) is 28.4. The van der Waals surface area contributed by atoms with Gasteiger partial charge >= 0.3 is 0 Å². The van der Waals surface area contributed by atoms with E-state index < -0.39 is 0 Å². The SMILES string of the molecule is CC(C)(C)c1c(N(c2ccccc2)c2cc3c4c(c2)Oc2ccccc2B4c2ccccc2O3)ccc2ccccc12. The van der Waals surface area contributed by atoms with Crippen molar-refractivity contribution in [2.75, 3.05) is 4.90 Å². The molecule has 202 valence electrons. The predicted molar refractivity (Wildman–Crippen MR) is 175 cm³/mol. The second-order valence-corrected chi connectivity index (χ2v) is 12.2. The van der Waals surface area contributed by atoms with Gasteiger partial charge in [0.25, 0.3) is 6.71 Å². The maximum Gasteiger partial charge on any atom is 0.260 e. The number of hydrogen-bond acceptors (Lipinski definition) is 3. The highest BCUT2D eigenvalue weighted by molar-refractivity contribution is 6.98. The number of benzene rings is 6. The molecular weight excluding hydrogens is 513 g/mol. The van der Waals surface area contributed by atoms with Crippen LogP contribution in [0.25, 0.3) is 10.8 Å². The van der Waals surface area contributed by atoms with Crippen LogP contribution in [0.15, 0.2) is 127 Å². The van der Waals surface area contributed by atoms with Gasteiger partial charge in [0.05, 0.1) is 11.4 Å². The average Bonchev–Trinajstić information content (AvgIpc) is 3.00. The van der Waals surface area contributed by atoms with E-state index >= 15 is 0 Å². The van der Waals surface area contributed by atoms with Gasteiger partial charge in [-0.2, -0.15) is 0 Å². The Morgan fingerprint density at radius 1 is 0.548 bits per heavy atom. The summed E-state index contributed by atoms with van der Waals surface area (Å²) < 4.78 is 13.3. The summed E-state index contributed by atoms with van der Waals surface area (Å²) in [6.45, 7) is 6.93. The van der Waals surface area contributed by atoms with Gasteiger partial charge in [-0.3, -0.25) is 0 Å². The molecule has 2 aliphatic heterocycles. The number of hydrogen-bond donors (Lipinski definition) is 0. The summed E-state index contributed by atoms with van der Waals surface area (Å²) in [7, 11) is 0. The van der Waals surface area contributed by atoms with Gasteiger partial charge in [-0.1, -0.05) is 106 Å². The number of ether oxygens (including phenoxy) is 2. The first-order chi connectivity index (χ1) is 20.5. The third kappa shape index (κ3) is 3.83. The monoisotopic (exact) mass is 543 g/mol. The topological polar surface area (TPSA) is 21.7 Å². The minimum absolute atomic E-state index is 0.0509. The van der Waals surface area contributed by atoms with Crippen LogP contribution in [0.4, 0.5) is 17.1 Å². The van der Waals surface area contributed by atoms with Crippen molar-refractivity contribution >= 4 is 50.9 Å². The first-order valence-electron chi connectivity index (χ1n) is 14.6. The first kappa shape index (κ1) is 24.8. The number of nitrogens with zero attached hydrogens (tertiary/aromatic N) is 1. The molecule has 42 heavy (non-hydrogen) atoms. The van der Waals surface area contributed by atoms with E-state index in [9.17, 15) is 0 Å². The van der Waals surface area contributed by atoms with E-state index in [2.05, 4.69) is 141 Å². The molecule has 0 fully saturated rings. The Labute approximate surface area is 247 Å². The van der Waals surface area contributed by atoms with Crippen LogP contribution in [-0.2, 0) is 5.41 Å². The van der Waals surface area contributed by atoms with Crippen LogP contribution >= 0.6 is 0 Å². The molecule has 0 aliphatic carbocycles. The quantitative estimate of drug-likeness (QED) is 0.209. The predicted octanol–water partition coefficient (Wildman–Crippen LogP) is 8.33. The van der Waals surface area contributed by atoms with Crippen LogP contribution in [0, 0.1) is 0 Å². The molecule has 0 N–H and O–H groups in total. The summed E-state index contributed by atoms with van der Waals surface area (Å²) in [5.41, 5.74) is 7.82. The third-order valence-electron chi connectivity index (χ3n) is 8.45. The van der Waals surface area contributed by atoms with Crippen molar-refractivity contribution < 1.29 is 9.47 Å². The van der Waals surface area contributed by atoms with E-state index in [-0.39, 0.29) is 12.1 Å². The molecule has 0 bridgehead atoms. The Morgan fingerprint density at radius 2 is 1.12 bits per heavy atom. The normalized spacial score (nSPS) is 13.0. The number of fused-ring (bicyclic) bond motifs is 5. The lowest BCUT2D eigenvalue weighted by Crippen LogP contribution is -2.57. The van der Waals surface area contributed by atoms with Crippen LogP contribution in [0.5, 0.6) is 23.0 Å². The molecule has 0 saturated carbocycles.